The van der Waals surface area contributed by atoms with Crippen LogP contribution in [0.4, 0.5) is 13.2 Å². The summed E-state index contributed by atoms with van der Waals surface area (Å²) in [5.41, 5.74) is -0.803. The number of carbonyl (C=O) groups is 2. The lowest BCUT2D eigenvalue weighted by Crippen LogP contribution is -2.27. The molecule has 176 valence electrons. The van der Waals surface area contributed by atoms with E-state index in [-0.39, 0.29) is 29.5 Å². The maximum Gasteiger partial charge on any atom is 0.417 e. The highest BCUT2D eigenvalue weighted by Gasteiger charge is 2.34. The van der Waals surface area contributed by atoms with Gasteiger partial charge < -0.3 is 15.2 Å². The van der Waals surface area contributed by atoms with Crippen LogP contribution in [0.25, 0.3) is 6.08 Å². The lowest BCUT2D eigenvalue weighted by atomic mass is 10.0. The number of carboxylic acid groups (broad SMARTS) is 1. The Morgan fingerprint density at radius 3 is 2.39 bits per heavy atom. The molecule has 0 spiro atoms. The molecule has 2 N–H and O–H groups in total. The Labute approximate surface area is 194 Å². The molecule has 2 aromatic rings. The molecular formula is C24H23ClF3NO4. The number of aliphatic carboxylic acids is 1. The molecule has 5 nitrogen and oxygen atoms in total. The quantitative estimate of drug-likeness (QED) is 0.413. The van der Waals surface area contributed by atoms with Crippen molar-refractivity contribution in [2.45, 2.75) is 44.7 Å². The zero-order valence-corrected chi connectivity index (χ0v) is 18.4. The highest BCUT2D eigenvalue weighted by Crippen LogP contribution is 2.40. The molecule has 0 atom stereocenters. The van der Waals surface area contributed by atoms with Gasteiger partial charge >= 0.3 is 12.1 Å². The van der Waals surface area contributed by atoms with Gasteiger partial charge in [-0.1, -0.05) is 55.5 Å². The second kappa shape index (κ2) is 10.7. The summed E-state index contributed by atoms with van der Waals surface area (Å²) < 4.78 is 44.5. The van der Waals surface area contributed by atoms with Crippen molar-refractivity contribution in [3.8, 4) is 11.5 Å². The van der Waals surface area contributed by atoms with Crippen molar-refractivity contribution >= 4 is 29.6 Å². The zero-order valence-electron chi connectivity index (χ0n) is 17.6. The normalized spacial score (nSPS) is 14.8. The molecule has 0 bridgehead atoms. The fraction of sp³-hybridized carbons (Fsp3) is 0.333. The molecule has 1 amide bonds. The van der Waals surface area contributed by atoms with E-state index in [1.54, 1.807) is 0 Å². The smallest absolute Gasteiger partial charge is 0.417 e. The van der Waals surface area contributed by atoms with Crippen LogP contribution < -0.4 is 10.1 Å². The average molecular weight is 482 g/mol. The van der Waals surface area contributed by atoms with E-state index in [2.05, 4.69) is 5.32 Å². The first-order chi connectivity index (χ1) is 15.6. The number of benzene rings is 2. The van der Waals surface area contributed by atoms with Crippen molar-refractivity contribution in [3.05, 3.63) is 64.3 Å². The minimum Gasteiger partial charge on any atom is -0.477 e. The van der Waals surface area contributed by atoms with Gasteiger partial charge in [-0.25, -0.2) is 4.79 Å². The highest BCUT2D eigenvalue weighted by molar-refractivity contribution is 6.32. The van der Waals surface area contributed by atoms with Crippen LogP contribution in [0.5, 0.6) is 11.5 Å². The molecule has 0 heterocycles. The highest BCUT2D eigenvalue weighted by atomic mass is 35.5. The molecule has 0 saturated heterocycles. The Morgan fingerprint density at radius 1 is 1.12 bits per heavy atom. The standard InChI is InChI=1S/C24H23ClF3NO4/c25-22-18(24(26,27)28)6-3-7-20(22)33-17-11-8-16(9-12-17)14-19(23(31)32)29-21(30)13-10-15-4-1-2-5-15/h3,6-9,11-12,14-15H,1-2,4-5,10,13H2,(H,29,30)(H,31,32)/b19-14+. The van der Waals surface area contributed by atoms with E-state index in [0.717, 1.165) is 25.3 Å². The second-order valence-electron chi connectivity index (χ2n) is 7.89. The number of rotatable bonds is 8. The van der Waals surface area contributed by atoms with Crippen LogP contribution in [0.3, 0.4) is 0 Å². The van der Waals surface area contributed by atoms with Gasteiger partial charge in [-0.15, -0.1) is 0 Å². The first-order valence-corrected chi connectivity index (χ1v) is 10.9. The summed E-state index contributed by atoms with van der Waals surface area (Å²) in [4.78, 5) is 23.7. The lowest BCUT2D eigenvalue weighted by Gasteiger charge is -2.13. The van der Waals surface area contributed by atoms with E-state index in [1.807, 2.05) is 0 Å². The van der Waals surface area contributed by atoms with Crippen LogP contribution >= 0.6 is 11.6 Å². The third kappa shape index (κ3) is 6.99. The van der Waals surface area contributed by atoms with E-state index in [0.29, 0.717) is 11.5 Å². The van der Waals surface area contributed by atoms with E-state index in [9.17, 15) is 27.9 Å². The molecule has 1 aliphatic rings. The Bertz CT molecular complexity index is 1030. The van der Waals surface area contributed by atoms with Crippen molar-refractivity contribution in [3.63, 3.8) is 0 Å². The summed E-state index contributed by atoms with van der Waals surface area (Å²) in [6.07, 6.45) is 2.25. The molecule has 1 saturated carbocycles. The van der Waals surface area contributed by atoms with Crippen molar-refractivity contribution < 1.29 is 32.6 Å². The first kappa shape index (κ1) is 24.6. The van der Waals surface area contributed by atoms with E-state index < -0.39 is 22.7 Å². The number of ether oxygens (including phenoxy) is 1. The van der Waals surface area contributed by atoms with Gasteiger partial charge in [-0.05, 0) is 48.2 Å². The summed E-state index contributed by atoms with van der Waals surface area (Å²) >= 11 is 5.83. The van der Waals surface area contributed by atoms with Gasteiger partial charge in [0.25, 0.3) is 0 Å². The van der Waals surface area contributed by atoms with E-state index in [1.165, 1.54) is 55.3 Å². The van der Waals surface area contributed by atoms with Crippen LogP contribution in [0.15, 0.2) is 48.2 Å². The predicted octanol–water partition coefficient (Wildman–Crippen LogP) is 6.66. The first-order valence-electron chi connectivity index (χ1n) is 10.5. The SMILES string of the molecule is O=C(CCC1CCCC1)N/C(=C/c1ccc(Oc2cccc(C(F)(F)F)c2Cl)cc1)C(=O)O. The summed E-state index contributed by atoms with van der Waals surface area (Å²) in [5.74, 6) is -1.05. The topological polar surface area (TPSA) is 75.6 Å². The zero-order chi connectivity index (χ0) is 24.0. The fourth-order valence-corrected chi connectivity index (χ4v) is 4.00. The Balaban J connectivity index is 1.66. The third-order valence-electron chi connectivity index (χ3n) is 5.45. The monoisotopic (exact) mass is 481 g/mol. The molecule has 0 aromatic heterocycles. The molecule has 0 radical (unpaired) electrons. The molecule has 9 heteroatoms. The van der Waals surface area contributed by atoms with Gasteiger partial charge in [0.15, 0.2) is 0 Å². The van der Waals surface area contributed by atoms with Gasteiger partial charge in [0.2, 0.25) is 5.91 Å². The Hall–Kier alpha value is -3.00. The van der Waals surface area contributed by atoms with Crippen molar-refractivity contribution in [2.24, 2.45) is 5.92 Å². The average Bonchev–Trinajstić information content (AvgIpc) is 3.27. The summed E-state index contributed by atoms with van der Waals surface area (Å²) in [7, 11) is 0. The maximum absolute atomic E-state index is 13.0. The summed E-state index contributed by atoms with van der Waals surface area (Å²) in [5, 5.41) is 11.3. The van der Waals surface area contributed by atoms with Crippen LogP contribution in [0.1, 0.15) is 49.7 Å². The lowest BCUT2D eigenvalue weighted by molar-refractivity contribution is -0.137. The number of nitrogens with one attached hydrogen (secondary N) is 1. The maximum atomic E-state index is 13.0. The molecule has 0 unspecified atom stereocenters. The van der Waals surface area contributed by atoms with Gasteiger partial charge in [-0.3, -0.25) is 4.79 Å². The number of alkyl halides is 3. The third-order valence-corrected chi connectivity index (χ3v) is 5.84. The fourth-order valence-electron chi connectivity index (χ4n) is 3.73. The number of halogens is 4. The van der Waals surface area contributed by atoms with Crippen molar-refractivity contribution in [2.75, 3.05) is 0 Å². The number of amides is 1. The van der Waals surface area contributed by atoms with Crippen molar-refractivity contribution in [1.29, 1.82) is 0 Å². The molecule has 1 aliphatic carbocycles. The van der Waals surface area contributed by atoms with Crippen LogP contribution in [0.2, 0.25) is 5.02 Å². The van der Waals surface area contributed by atoms with Gasteiger partial charge in [0, 0.05) is 6.42 Å². The summed E-state index contributed by atoms with van der Waals surface area (Å²) in [6.45, 7) is 0. The molecule has 0 aliphatic heterocycles. The number of hydrogen-bond donors (Lipinski definition) is 2. The second-order valence-corrected chi connectivity index (χ2v) is 8.27. The molecule has 1 fully saturated rings. The van der Waals surface area contributed by atoms with Gasteiger partial charge in [0.1, 0.15) is 17.2 Å². The van der Waals surface area contributed by atoms with Gasteiger partial charge in [0.05, 0.1) is 10.6 Å². The number of carbonyl (C=O) groups excluding carboxylic acids is 1. The molecule has 3 rings (SSSR count). The van der Waals surface area contributed by atoms with Crippen LogP contribution in [-0.4, -0.2) is 17.0 Å². The Morgan fingerprint density at radius 2 is 1.79 bits per heavy atom. The largest absolute Gasteiger partial charge is 0.477 e. The van der Waals surface area contributed by atoms with E-state index >= 15 is 0 Å². The van der Waals surface area contributed by atoms with E-state index in [4.69, 9.17) is 16.3 Å². The Kier molecular flexibility index (Phi) is 8.02. The molecule has 2 aromatic carbocycles. The predicted molar refractivity (Wildman–Crippen MR) is 118 cm³/mol. The number of carboxylic acids is 1. The van der Waals surface area contributed by atoms with Crippen LogP contribution in [-0.2, 0) is 15.8 Å². The van der Waals surface area contributed by atoms with Gasteiger partial charge in [-0.2, -0.15) is 13.2 Å². The molecular weight excluding hydrogens is 459 g/mol. The van der Waals surface area contributed by atoms with Crippen molar-refractivity contribution in [1.82, 2.24) is 5.32 Å². The minimum atomic E-state index is -4.61. The molecule has 33 heavy (non-hydrogen) atoms. The summed E-state index contributed by atoms with van der Waals surface area (Å²) in [6, 6.07) is 9.33. The number of hydrogen-bond acceptors (Lipinski definition) is 3. The minimum absolute atomic E-state index is 0.157. The van der Waals surface area contributed by atoms with Crippen LogP contribution in [0, 0.1) is 5.92 Å².